The second-order valence-corrected chi connectivity index (χ2v) is 7.71. The molecule has 0 spiro atoms. The summed E-state index contributed by atoms with van der Waals surface area (Å²) in [5.41, 5.74) is 1.71. The van der Waals surface area contributed by atoms with E-state index in [1.807, 2.05) is 18.0 Å². The highest BCUT2D eigenvalue weighted by Gasteiger charge is 2.35. The first kappa shape index (κ1) is 19.9. The molecule has 0 aliphatic carbocycles. The third-order valence-corrected chi connectivity index (χ3v) is 5.70. The smallest absolute Gasteiger partial charge is 0.344 e. The summed E-state index contributed by atoms with van der Waals surface area (Å²) in [6.45, 7) is 0.896. The molecular weight excluding hydrogens is 411 g/mol. The van der Waals surface area contributed by atoms with Gasteiger partial charge >= 0.3 is 5.97 Å². The van der Waals surface area contributed by atoms with Gasteiger partial charge < -0.3 is 14.5 Å². The standard InChI is InChI=1S/C24H19FN4O3/c1-28(24-26-9-4-10-27-24)16-13-29(14-16)22(30)19-11-15(7-8-20(19)25)12-21-17-5-2-3-6-18(17)23(31)32-21/h2-12,16H,13-14H2,1H3. The molecule has 1 amide bonds. The van der Waals surface area contributed by atoms with Gasteiger partial charge in [0.25, 0.3) is 5.91 Å². The number of esters is 1. The zero-order valence-corrected chi connectivity index (χ0v) is 17.2. The number of anilines is 1. The molecule has 0 unspecified atom stereocenters. The van der Waals surface area contributed by atoms with E-state index in [9.17, 15) is 14.0 Å². The van der Waals surface area contributed by atoms with Crippen LogP contribution in [0, 0.1) is 5.82 Å². The molecule has 0 N–H and O–H groups in total. The lowest BCUT2D eigenvalue weighted by Gasteiger charge is -2.43. The highest BCUT2D eigenvalue weighted by atomic mass is 19.1. The van der Waals surface area contributed by atoms with Crippen LogP contribution in [0.2, 0.25) is 0 Å². The van der Waals surface area contributed by atoms with E-state index < -0.39 is 11.8 Å². The fraction of sp³-hybridized carbons (Fsp3) is 0.167. The molecule has 3 aromatic rings. The largest absolute Gasteiger partial charge is 0.422 e. The van der Waals surface area contributed by atoms with Crippen LogP contribution in [-0.2, 0) is 4.74 Å². The first-order chi connectivity index (χ1) is 15.5. The van der Waals surface area contributed by atoms with Crippen molar-refractivity contribution >= 4 is 29.7 Å². The number of halogens is 1. The average Bonchev–Trinajstić information content (AvgIpc) is 3.10. The molecule has 5 rings (SSSR count). The number of amides is 1. The topological polar surface area (TPSA) is 75.6 Å². The SMILES string of the molecule is CN(c1ncccn1)C1CN(C(=O)c2cc(C=C3OC(=O)c4ccccc43)ccc2F)C1. The summed E-state index contributed by atoms with van der Waals surface area (Å²) < 4.78 is 19.8. The number of fused-ring (bicyclic) bond motifs is 1. The number of hydrogen-bond donors (Lipinski definition) is 0. The molecular formula is C24H19FN4O3. The van der Waals surface area contributed by atoms with Gasteiger partial charge in [-0.3, -0.25) is 4.79 Å². The maximum Gasteiger partial charge on any atom is 0.344 e. The molecule has 0 bridgehead atoms. The van der Waals surface area contributed by atoms with Crippen LogP contribution < -0.4 is 4.90 Å². The van der Waals surface area contributed by atoms with Crippen molar-refractivity contribution in [3.05, 3.63) is 89.0 Å². The van der Waals surface area contributed by atoms with Crippen LogP contribution in [0.15, 0.2) is 60.9 Å². The molecule has 8 heteroatoms. The van der Waals surface area contributed by atoms with Crippen LogP contribution in [0.25, 0.3) is 11.8 Å². The van der Waals surface area contributed by atoms with E-state index in [1.165, 1.54) is 12.1 Å². The number of carbonyl (C=O) groups excluding carboxylic acids is 2. The van der Waals surface area contributed by atoms with E-state index in [-0.39, 0.29) is 17.5 Å². The Morgan fingerprint density at radius 3 is 2.59 bits per heavy atom. The molecule has 0 atom stereocenters. The van der Waals surface area contributed by atoms with Gasteiger partial charge in [0.1, 0.15) is 11.6 Å². The molecule has 1 saturated heterocycles. The van der Waals surface area contributed by atoms with Crippen molar-refractivity contribution in [2.75, 3.05) is 25.0 Å². The number of cyclic esters (lactones) is 1. The molecule has 1 fully saturated rings. The van der Waals surface area contributed by atoms with Gasteiger partial charge in [0.15, 0.2) is 0 Å². The summed E-state index contributed by atoms with van der Waals surface area (Å²) in [4.78, 5) is 36.9. The summed E-state index contributed by atoms with van der Waals surface area (Å²) in [6.07, 6.45) is 4.96. The molecule has 1 aromatic heterocycles. The van der Waals surface area contributed by atoms with Crippen LogP contribution in [0.5, 0.6) is 0 Å². The Morgan fingerprint density at radius 2 is 1.84 bits per heavy atom. The molecule has 0 radical (unpaired) electrons. The highest BCUT2D eigenvalue weighted by Crippen LogP contribution is 2.31. The molecule has 32 heavy (non-hydrogen) atoms. The Kier molecular flexibility index (Phi) is 4.89. The van der Waals surface area contributed by atoms with Crippen molar-refractivity contribution in [1.82, 2.24) is 14.9 Å². The quantitative estimate of drug-likeness (QED) is 0.592. The molecule has 3 heterocycles. The van der Waals surface area contributed by atoms with Gasteiger partial charge in [-0.25, -0.2) is 19.2 Å². The number of likely N-dealkylation sites (tertiary alicyclic amines) is 1. The molecule has 2 aromatic carbocycles. The van der Waals surface area contributed by atoms with E-state index in [4.69, 9.17) is 4.74 Å². The zero-order valence-electron chi connectivity index (χ0n) is 17.2. The zero-order chi connectivity index (χ0) is 22.2. The van der Waals surface area contributed by atoms with E-state index >= 15 is 0 Å². The van der Waals surface area contributed by atoms with Crippen LogP contribution in [-0.4, -0.2) is 52.9 Å². The van der Waals surface area contributed by atoms with E-state index in [0.717, 1.165) is 0 Å². The molecule has 160 valence electrons. The Balaban J connectivity index is 1.33. The molecule has 2 aliphatic rings. The predicted molar refractivity (Wildman–Crippen MR) is 116 cm³/mol. The summed E-state index contributed by atoms with van der Waals surface area (Å²) in [5, 5.41) is 0. The Morgan fingerprint density at radius 1 is 1.12 bits per heavy atom. The van der Waals surface area contributed by atoms with Crippen LogP contribution in [0.3, 0.4) is 0 Å². The summed E-state index contributed by atoms with van der Waals surface area (Å²) in [5.74, 6) is -0.447. The lowest BCUT2D eigenvalue weighted by molar-refractivity contribution is 0.0597. The number of nitrogens with zero attached hydrogens (tertiary/aromatic N) is 4. The van der Waals surface area contributed by atoms with Crippen LogP contribution in [0.1, 0.15) is 31.8 Å². The number of rotatable bonds is 4. The van der Waals surface area contributed by atoms with Gasteiger partial charge in [0.2, 0.25) is 5.95 Å². The van der Waals surface area contributed by atoms with Crippen molar-refractivity contribution in [3.63, 3.8) is 0 Å². The summed E-state index contributed by atoms with van der Waals surface area (Å²) in [7, 11) is 1.87. The van der Waals surface area contributed by atoms with Gasteiger partial charge in [-0.1, -0.05) is 24.3 Å². The van der Waals surface area contributed by atoms with Crippen molar-refractivity contribution in [2.45, 2.75) is 6.04 Å². The molecule has 0 saturated carbocycles. The number of likely N-dealkylation sites (N-methyl/N-ethyl adjacent to an activating group) is 1. The van der Waals surface area contributed by atoms with Crippen LogP contribution in [0.4, 0.5) is 10.3 Å². The van der Waals surface area contributed by atoms with Crippen LogP contribution >= 0.6 is 0 Å². The average molecular weight is 430 g/mol. The second-order valence-electron chi connectivity index (χ2n) is 7.71. The van der Waals surface area contributed by atoms with Crippen molar-refractivity contribution in [2.24, 2.45) is 0 Å². The molecule has 7 nitrogen and oxygen atoms in total. The monoisotopic (exact) mass is 430 g/mol. The van der Waals surface area contributed by atoms with Gasteiger partial charge in [-0.2, -0.15) is 0 Å². The predicted octanol–water partition coefficient (Wildman–Crippen LogP) is 3.25. The second kappa shape index (κ2) is 7.88. The number of aromatic nitrogens is 2. The van der Waals surface area contributed by atoms with E-state index in [0.29, 0.717) is 41.5 Å². The maximum atomic E-state index is 14.5. The highest BCUT2D eigenvalue weighted by molar-refractivity contribution is 6.06. The Bertz CT molecular complexity index is 1240. The first-order valence-electron chi connectivity index (χ1n) is 10.1. The minimum absolute atomic E-state index is 0.0194. The van der Waals surface area contributed by atoms with E-state index in [2.05, 4.69) is 9.97 Å². The number of ether oxygens (including phenoxy) is 1. The minimum atomic E-state index is -0.593. The first-order valence-corrected chi connectivity index (χ1v) is 10.1. The normalized spacial score (nSPS) is 16.5. The van der Waals surface area contributed by atoms with Gasteiger partial charge in [-0.15, -0.1) is 0 Å². The van der Waals surface area contributed by atoms with Crippen molar-refractivity contribution < 1.29 is 18.7 Å². The lowest BCUT2D eigenvalue weighted by atomic mass is 10.0. The third kappa shape index (κ3) is 3.49. The fourth-order valence-corrected chi connectivity index (χ4v) is 3.81. The van der Waals surface area contributed by atoms with Gasteiger partial charge in [0.05, 0.1) is 17.2 Å². The Hall–Kier alpha value is -4.07. The summed E-state index contributed by atoms with van der Waals surface area (Å²) >= 11 is 0. The fourth-order valence-electron chi connectivity index (χ4n) is 3.81. The summed E-state index contributed by atoms with van der Waals surface area (Å²) in [6, 6.07) is 13.1. The molecule has 2 aliphatic heterocycles. The Labute approximate surface area is 183 Å². The number of hydrogen-bond acceptors (Lipinski definition) is 6. The van der Waals surface area contributed by atoms with Gasteiger partial charge in [0, 0.05) is 38.1 Å². The number of carbonyl (C=O) groups is 2. The lowest BCUT2D eigenvalue weighted by Crippen LogP contribution is -2.60. The van der Waals surface area contributed by atoms with Crippen molar-refractivity contribution in [3.8, 4) is 0 Å². The third-order valence-electron chi connectivity index (χ3n) is 5.70. The van der Waals surface area contributed by atoms with Gasteiger partial charge in [-0.05, 0) is 35.9 Å². The van der Waals surface area contributed by atoms with Crippen molar-refractivity contribution in [1.29, 1.82) is 0 Å². The number of benzene rings is 2. The minimum Gasteiger partial charge on any atom is -0.422 e. The maximum absolute atomic E-state index is 14.5. The van der Waals surface area contributed by atoms with E-state index in [1.54, 1.807) is 53.7 Å².